The van der Waals surface area contributed by atoms with Crippen molar-refractivity contribution in [2.45, 2.75) is 20.8 Å². The smallest absolute Gasteiger partial charge is 0.0964 e. The van der Waals surface area contributed by atoms with E-state index >= 15 is 0 Å². The van der Waals surface area contributed by atoms with E-state index < -0.39 is 0 Å². The average molecular weight is 470 g/mol. The molecule has 0 spiro atoms. The summed E-state index contributed by atoms with van der Waals surface area (Å²) in [7, 11) is 0. The molecule has 36 heavy (non-hydrogen) atoms. The molecule has 0 aliphatic carbocycles. The van der Waals surface area contributed by atoms with Crippen molar-refractivity contribution in [2.75, 3.05) is 4.90 Å². The molecule has 0 fully saturated rings. The van der Waals surface area contributed by atoms with E-state index in [0.717, 1.165) is 50.0 Å². The minimum Gasteiger partial charge on any atom is -0.311 e. The van der Waals surface area contributed by atoms with E-state index in [1.165, 1.54) is 0 Å². The predicted molar refractivity (Wildman–Crippen MR) is 156 cm³/mol. The Balaban J connectivity index is 0.00000148. The summed E-state index contributed by atoms with van der Waals surface area (Å²) in [4.78, 5) is 11.5. The van der Waals surface area contributed by atoms with Gasteiger partial charge in [0.1, 0.15) is 0 Å². The van der Waals surface area contributed by atoms with Gasteiger partial charge in [-0.2, -0.15) is 0 Å². The van der Waals surface area contributed by atoms with E-state index in [4.69, 9.17) is 4.98 Å². The fraction of sp³-hybridized carbons (Fsp3) is 0.0909. The van der Waals surface area contributed by atoms with Crippen molar-refractivity contribution in [3.63, 3.8) is 0 Å². The third-order valence-corrected chi connectivity index (χ3v) is 5.78. The van der Waals surface area contributed by atoms with Gasteiger partial charge in [-0.15, -0.1) is 0 Å². The summed E-state index contributed by atoms with van der Waals surface area (Å²) in [5.41, 5.74) is 7.27. The summed E-state index contributed by atoms with van der Waals surface area (Å²) >= 11 is 0. The van der Waals surface area contributed by atoms with Crippen molar-refractivity contribution < 1.29 is 0 Å². The molecule has 0 bridgehead atoms. The van der Waals surface area contributed by atoms with Crippen molar-refractivity contribution in [3.8, 4) is 11.1 Å². The Morgan fingerprint density at radius 2 is 1.44 bits per heavy atom. The molecule has 3 aromatic carbocycles. The van der Waals surface area contributed by atoms with Crippen LogP contribution < -0.4 is 4.90 Å². The van der Waals surface area contributed by atoms with Crippen LogP contribution in [0, 0.1) is 0 Å². The number of rotatable bonds is 6. The van der Waals surface area contributed by atoms with Gasteiger partial charge in [0.05, 0.1) is 11.0 Å². The molecule has 0 amide bonds. The van der Waals surface area contributed by atoms with Crippen LogP contribution in [-0.2, 0) is 0 Å². The van der Waals surface area contributed by atoms with Crippen LogP contribution in [-0.4, -0.2) is 9.97 Å². The van der Waals surface area contributed by atoms with Crippen molar-refractivity contribution >= 4 is 33.2 Å². The predicted octanol–water partition coefficient (Wildman–Crippen LogP) is 9.26. The van der Waals surface area contributed by atoms with E-state index in [0.29, 0.717) is 0 Å². The number of fused-ring (bicyclic) bond motifs is 3. The number of anilines is 2. The highest BCUT2D eigenvalue weighted by atomic mass is 15.1. The zero-order valence-corrected chi connectivity index (χ0v) is 21.1. The molecule has 0 radical (unpaired) electrons. The van der Waals surface area contributed by atoms with Crippen LogP contribution in [0.2, 0.25) is 0 Å². The second kappa shape index (κ2) is 11.8. The first-order chi connectivity index (χ1) is 17.8. The monoisotopic (exact) mass is 469 g/mol. The number of benzene rings is 3. The highest BCUT2D eigenvalue weighted by molar-refractivity contribution is 6.03. The van der Waals surface area contributed by atoms with Gasteiger partial charge in [-0.25, -0.2) is 0 Å². The highest BCUT2D eigenvalue weighted by Gasteiger charge is 2.13. The van der Waals surface area contributed by atoms with Crippen molar-refractivity contribution in [2.24, 2.45) is 0 Å². The minimum atomic E-state index is 0.930. The second-order valence-corrected chi connectivity index (χ2v) is 7.98. The summed E-state index contributed by atoms with van der Waals surface area (Å²) in [5, 5.41) is 2.19. The standard InChI is InChI=1S/C31H25N3.C2H6/c1-3-9-27(10-4-2)34(28-12-6-5-7-13-28)29-18-16-23(17-19-29)26-21-25-15-14-24-11-8-20-32-30(24)31(25)33-22-26;1-2/h3-22H,1H2,2H3;1-2H3/b10-4-,27-9+;. The number of para-hydroxylation sites is 1. The number of pyridine rings is 2. The molecule has 0 N–H and O–H groups in total. The number of hydrogen-bond donors (Lipinski definition) is 0. The quantitative estimate of drug-likeness (QED) is 0.183. The van der Waals surface area contributed by atoms with E-state index in [1.54, 1.807) is 0 Å². The SMILES string of the molecule is C=C/C=C(\C=C/C)N(c1ccccc1)c1ccc(-c2cnc3c(ccc4cccnc43)c2)cc1.CC. The van der Waals surface area contributed by atoms with Gasteiger partial charge >= 0.3 is 0 Å². The fourth-order valence-corrected chi connectivity index (χ4v) is 4.22. The van der Waals surface area contributed by atoms with Gasteiger partial charge in [0.15, 0.2) is 0 Å². The minimum absolute atomic E-state index is 0.930. The molecule has 0 saturated heterocycles. The lowest BCUT2D eigenvalue weighted by atomic mass is 10.0. The molecular weight excluding hydrogens is 438 g/mol. The maximum atomic E-state index is 4.77. The lowest BCUT2D eigenvalue weighted by molar-refractivity contribution is 1.21. The molecule has 0 atom stereocenters. The van der Waals surface area contributed by atoms with E-state index in [9.17, 15) is 0 Å². The van der Waals surface area contributed by atoms with E-state index in [1.807, 2.05) is 63.5 Å². The van der Waals surface area contributed by atoms with Gasteiger partial charge in [0.25, 0.3) is 0 Å². The highest BCUT2D eigenvalue weighted by Crippen LogP contribution is 2.33. The first-order valence-corrected chi connectivity index (χ1v) is 12.3. The molecular formula is C33H31N3. The Hall–Kier alpha value is -4.50. The largest absolute Gasteiger partial charge is 0.311 e. The van der Waals surface area contributed by atoms with Crippen LogP contribution in [0.1, 0.15) is 20.8 Å². The van der Waals surface area contributed by atoms with Crippen LogP contribution in [0.15, 0.2) is 134 Å². The summed E-state index contributed by atoms with van der Waals surface area (Å²) in [6.45, 7) is 9.92. The number of aromatic nitrogens is 2. The fourth-order valence-electron chi connectivity index (χ4n) is 4.22. The van der Waals surface area contributed by atoms with Crippen molar-refractivity contribution in [1.29, 1.82) is 0 Å². The Morgan fingerprint density at radius 1 is 0.750 bits per heavy atom. The Morgan fingerprint density at radius 3 is 2.17 bits per heavy atom. The van der Waals surface area contributed by atoms with Gasteiger partial charge in [-0.05, 0) is 61.0 Å². The molecule has 3 heteroatoms. The maximum absolute atomic E-state index is 4.77. The van der Waals surface area contributed by atoms with Crippen LogP contribution in [0.25, 0.3) is 32.9 Å². The summed E-state index contributed by atoms with van der Waals surface area (Å²) in [5.74, 6) is 0. The molecule has 5 rings (SSSR count). The lowest BCUT2D eigenvalue weighted by Crippen LogP contribution is -2.15. The van der Waals surface area contributed by atoms with Gasteiger partial charge in [0.2, 0.25) is 0 Å². The first-order valence-electron chi connectivity index (χ1n) is 12.3. The van der Waals surface area contributed by atoms with E-state index in [2.05, 4.69) is 95.3 Å². The molecule has 0 unspecified atom stereocenters. The Bertz CT molecular complexity index is 1510. The molecule has 2 aromatic heterocycles. The van der Waals surface area contributed by atoms with Gasteiger partial charge in [0, 0.05) is 45.8 Å². The normalized spacial score (nSPS) is 11.4. The van der Waals surface area contributed by atoms with Crippen molar-refractivity contribution in [1.82, 2.24) is 9.97 Å². The Kier molecular flexibility index (Phi) is 8.05. The van der Waals surface area contributed by atoms with Gasteiger partial charge in [-0.1, -0.05) is 81.1 Å². The molecule has 2 heterocycles. The van der Waals surface area contributed by atoms with Gasteiger partial charge < -0.3 is 4.90 Å². The summed E-state index contributed by atoms with van der Waals surface area (Å²) < 4.78 is 0. The zero-order chi connectivity index (χ0) is 25.3. The number of nitrogens with zero attached hydrogens (tertiary/aromatic N) is 3. The third-order valence-electron chi connectivity index (χ3n) is 5.78. The average Bonchev–Trinajstić information content (AvgIpc) is 2.95. The number of hydrogen-bond acceptors (Lipinski definition) is 3. The molecule has 178 valence electrons. The topological polar surface area (TPSA) is 29.0 Å². The molecule has 0 aliphatic heterocycles. The van der Waals surface area contributed by atoms with Crippen LogP contribution in [0.3, 0.4) is 0 Å². The zero-order valence-electron chi connectivity index (χ0n) is 21.1. The first kappa shape index (κ1) is 24.6. The van der Waals surface area contributed by atoms with Crippen molar-refractivity contribution in [3.05, 3.63) is 134 Å². The second-order valence-electron chi connectivity index (χ2n) is 7.98. The third kappa shape index (κ3) is 5.11. The molecule has 0 saturated carbocycles. The number of allylic oxidation sites excluding steroid dienone is 4. The molecule has 5 aromatic rings. The summed E-state index contributed by atoms with van der Waals surface area (Å²) in [6, 6.07) is 29.4. The molecule has 0 aliphatic rings. The van der Waals surface area contributed by atoms with Crippen LogP contribution in [0.5, 0.6) is 0 Å². The maximum Gasteiger partial charge on any atom is 0.0964 e. The van der Waals surface area contributed by atoms with Gasteiger partial charge in [-0.3, -0.25) is 9.97 Å². The van der Waals surface area contributed by atoms with E-state index in [-0.39, 0.29) is 0 Å². The lowest BCUT2D eigenvalue weighted by Gasteiger charge is -2.26. The Labute approximate surface area is 213 Å². The summed E-state index contributed by atoms with van der Waals surface area (Å²) in [6.07, 6.45) is 11.7. The molecule has 3 nitrogen and oxygen atoms in total. The van der Waals surface area contributed by atoms with Crippen LogP contribution >= 0.6 is 0 Å². The van der Waals surface area contributed by atoms with Crippen LogP contribution in [0.4, 0.5) is 11.4 Å².